The number of rotatable bonds is 4. The molecule has 11 heavy (non-hydrogen) atoms. The fraction of sp³-hybridized carbons (Fsp3) is 0.800. The molecule has 1 N–H and O–H groups in total. The van der Waals surface area contributed by atoms with Crippen LogP contribution in [0.3, 0.4) is 0 Å². The summed E-state index contributed by atoms with van der Waals surface area (Å²) in [4.78, 5) is 0. The Kier molecular flexibility index (Phi) is 2.96. The van der Waals surface area contributed by atoms with Gasteiger partial charge < -0.3 is 5.32 Å². The van der Waals surface area contributed by atoms with Crippen LogP contribution < -0.4 is 5.32 Å². The molecule has 1 aliphatic rings. The minimum Gasteiger partial charge on any atom is -0.310 e. The van der Waals surface area contributed by atoms with Gasteiger partial charge in [-0.15, -0.1) is 12.3 Å². The molecule has 0 aromatic carbocycles. The van der Waals surface area contributed by atoms with Gasteiger partial charge in [-0.1, -0.05) is 6.92 Å². The maximum Gasteiger partial charge on any atom is 0.0212 e. The Morgan fingerprint density at radius 1 is 1.55 bits per heavy atom. The number of hydrogen-bond acceptors (Lipinski definition) is 1. The van der Waals surface area contributed by atoms with E-state index in [1.165, 1.54) is 25.7 Å². The Balaban J connectivity index is 2.17. The van der Waals surface area contributed by atoms with E-state index in [1.807, 2.05) is 0 Å². The second-order valence-electron chi connectivity index (χ2n) is 3.37. The van der Waals surface area contributed by atoms with Crippen molar-refractivity contribution in [1.82, 2.24) is 5.32 Å². The fourth-order valence-corrected chi connectivity index (χ4v) is 1.66. The van der Waals surface area contributed by atoms with Crippen molar-refractivity contribution in [2.45, 2.75) is 44.6 Å². The zero-order chi connectivity index (χ0) is 8.16. The molecule has 0 aliphatic heterocycles. The van der Waals surface area contributed by atoms with Crippen molar-refractivity contribution in [3.05, 3.63) is 0 Å². The predicted molar refractivity (Wildman–Crippen MR) is 48.3 cm³/mol. The highest BCUT2D eigenvalue weighted by atomic mass is 15.0. The third kappa shape index (κ3) is 1.97. The van der Waals surface area contributed by atoms with Gasteiger partial charge in [0.1, 0.15) is 0 Å². The Labute approximate surface area is 69.6 Å². The molecule has 1 aliphatic carbocycles. The number of hydrogen-bond donors (Lipinski definition) is 1. The molecule has 0 bridgehead atoms. The SMILES string of the molecule is C#CCCNC1(CC)CCC1. The highest BCUT2D eigenvalue weighted by Gasteiger charge is 2.33. The molecule has 1 nitrogen and oxygen atoms in total. The van der Waals surface area contributed by atoms with E-state index in [1.54, 1.807) is 0 Å². The summed E-state index contributed by atoms with van der Waals surface area (Å²) < 4.78 is 0. The van der Waals surface area contributed by atoms with E-state index < -0.39 is 0 Å². The first-order chi connectivity index (χ1) is 5.33. The van der Waals surface area contributed by atoms with E-state index in [0.717, 1.165) is 13.0 Å². The first-order valence-corrected chi connectivity index (χ1v) is 4.51. The van der Waals surface area contributed by atoms with Crippen LogP contribution in [0.1, 0.15) is 39.0 Å². The average molecular weight is 151 g/mol. The molecule has 1 fully saturated rings. The van der Waals surface area contributed by atoms with E-state index in [-0.39, 0.29) is 0 Å². The van der Waals surface area contributed by atoms with Crippen LogP contribution in [0, 0.1) is 12.3 Å². The molecule has 1 saturated carbocycles. The number of nitrogens with one attached hydrogen (secondary N) is 1. The molecule has 0 radical (unpaired) electrons. The molecular weight excluding hydrogens is 134 g/mol. The minimum atomic E-state index is 0.469. The van der Waals surface area contributed by atoms with Gasteiger partial charge >= 0.3 is 0 Å². The lowest BCUT2D eigenvalue weighted by Crippen LogP contribution is -2.50. The fourth-order valence-electron chi connectivity index (χ4n) is 1.66. The Morgan fingerprint density at radius 2 is 2.27 bits per heavy atom. The zero-order valence-electron chi connectivity index (χ0n) is 7.32. The molecule has 0 atom stereocenters. The highest BCUT2D eigenvalue weighted by Crippen LogP contribution is 2.34. The summed E-state index contributed by atoms with van der Waals surface area (Å²) in [5.41, 5.74) is 0.469. The van der Waals surface area contributed by atoms with Gasteiger partial charge in [-0.05, 0) is 25.7 Å². The summed E-state index contributed by atoms with van der Waals surface area (Å²) in [6, 6.07) is 0. The third-order valence-corrected chi connectivity index (χ3v) is 2.76. The second-order valence-corrected chi connectivity index (χ2v) is 3.37. The first kappa shape index (κ1) is 8.62. The van der Waals surface area contributed by atoms with Gasteiger partial charge in [0, 0.05) is 18.5 Å². The van der Waals surface area contributed by atoms with Gasteiger partial charge in [0.2, 0.25) is 0 Å². The molecule has 0 aromatic heterocycles. The predicted octanol–water partition coefficient (Wildman–Crippen LogP) is 1.93. The molecule has 0 saturated heterocycles. The maximum absolute atomic E-state index is 5.17. The Hall–Kier alpha value is -0.480. The normalized spacial score (nSPS) is 20.4. The van der Waals surface area contributed by atoms with Gasteiger partial charge in [-0.2, -0.15) is 0 Å². The molecular formula is C10H17N. The van der Waals surface area contributed by atoms with Crippen molar-refractivity contribution in [3.63, 3.8) is 0 Å². The van der Waals surface area contributed by atoms with Gasteiger partial charge in [-0.25, -0.2) is 0 Å². The van der Waals surface area contributed by atoms with Crippen LogP contribution in [0.2, 0.25) is 0 Å². The molecule has 0 spiro atoms. The number of terminal acetylenes is 1. The van der Waals surface area contributed by atoms with Crippen LogP contribution >= 0.6 is 0 Å². The van der Waals surface area contributed by atoms with Gasteiger partial charge in [-0.3, -0.25) is 0 Å². The van der Waals surface area contributed by atoms with Crippen molar-refractivity contribution in [2.75, 3.05) is 6.54 Å². The summed E-state index contributed by atoms with van der Waals surface area (Å²) in [5.74, 6) is 2.65. The van der Waals surface area contributed by atoms with Crippen LogP contribution in [0.5, 0.6) is 0 Å². The summed E-state index contributed by atoms with van der Waals surface area (Å²) in [6.45, 7) is 3.24. The van der Waals surface area contributed by atoms with Crippen molar-refractivity contribution in [2.24, 2.45) is 0 Å². The van der Waals surface area contributed by atoms with Crippen LogP contribution in [0.25, 0.3) is 0 Å². The summed E-state index contributed by atoms with van der Waals surface area (Å²) >= 11 is 0. The van der Waals surface area contributed by atoms with Gasteiger partial charge in [0.15, 0.2) is 0 Å². The molecule has 62 valence electrons. The van der Waals surface area contributed by atoms with Crippen molar-refractivity contribution in [3.8, 4) is 12.3 Å². The molecule has 1 heteroatoms. The van der Waals surface area contributed by atoms with E-state index in [4.69, 9.17) is 6.42 Å². The summed E-state index contributed by atoms with van der Waals surface area (Å²) in [5, 5.41) is 3.54. The van der Waals surface area contributed by atoms with Gasteiger partial charge in [0.25, 0.3) is 0 Å². The lowest BCUT2D eigenvalue weighted by Gasteiger charge is -2.42. The third-order valence-electron chi connectivity index (χ3n) is 2.76. The van der Waals surface area contributed by atoms with Crippen molar-refractivity contribution < 1.29 is 0 Å². The molecule has 0 aromatic rings. The molecule has 0 heterocycles. The monoisotopic (exact) mass is 151 g/mol. The van der Waals surface area contributed by atoms with Gasteiger partial charge in [0.05, 0.1) is 0 Å². The first-order valence-electron chi connectivity index (χ1n) is 4.51. The van der Waals surface area contributed by atoms with Crippen LogP contribution in [0.15, 0.2) is 0 Å². The standard InChI is InChI=1S/C10H17N/c1-3-5-9-11-10(4-2)7-6-8-10/h1,11H,4-9H2,2H3. The van der Waals surface area contributed by atoms with E-state index in [0.29, 0.717) is 5.54 Å². The maximum atomic E-state index is 5.17. The summed E-state index contributed by atoms with van der Waals surface area (Å²) in [7, 11) is 0. The van der Waals surface area contributed by atoms with Crippen LogP contribution in [0.4, 0.5) is 0 Å². The summed E-state index contributed by atoms with van der Waals surface area (Å²) in [6.07, 6.45) is 11.3. The van der Waals surface area contributed by atoms with E-state index >= 15 is 0 Å². The molecule has 0 unspecified atom stereocenters. The quantitative estimate of drug-likeness (QED) is 0.478. The van der Waals surface area contributed by atoms with Crippen LogP contribution in [-0.2, 0) is 0 Å². The molecule has 0 amide bonds. The van der Waals surface area contributed by atoms with Crippen molar-refractivity contribution in [1.29, 1.82) is 0 Å². The van der Waals surface area contributed by atoms with E-state index in [2.05, 4.69) is 18.2 Å². The average Bonchev–Trinajstić information content (AvgIpc) is 1.95. The Morgan fingerprint density at radius 3 is 2.64 bits per heavy atom. The lowest BCUT2D eigenvalue weighted by molar-refractivity contribution is 0.180. The van der Waals surface area contributed by atoms with Crippen molar-refractivity contribution >= 4 is 0 Å². The Bertz CT molecular complexity index is 145. The van der Waals surface area contributed by atoms with E-state index in [9.17, 15) is 0 Å². The zero-order valence-corrected chi connectivity index (χ0v) is 7.32. The lowest BCUT2D eigenvalue weighted by atomic mass is 9.75. The smallest absolute Gasteiger partial charge is 0.0212 e. The molecule has 1 rings (SSSR count). The second kappa shape index (κ2) is 3.78. The highest BCUT2D eigenvalue weighted by molar-refractivity contribution is 4.96. The minimum absolute atomic E-state index is 0.469. The van der Waals surface area contributed by atoms with Crippen LogP contribution in [-0.4, -0.2) is 12.1 Å². The largest absolute Gasteiger partial charge is 0.310 e. The topological polar surface area (TPSA) is 12.0 Å².